The van der Waals surface area contributed by atoms with Gasteiger partial charge in [0.25, 0.3) is 0 Å². The summed E-state index contributed by atoms with van der Waals surface area (Å²) in [5.74, 6) is -1.17. The summed E-state index contributed by atoms with van der Waals surface area (Å²) in [6.45, 7) is 2.70. The van der Waals surface area contributed by atoms with Gasteiger partial charge in [-0.3, -0.25) is 32.5 Å². The Bertz CT molecular complexity index is 2260. The van der Waals surface area contributed by atoms with Crippen molar-refractivity contribution in [2.75, 3.05) is 44.4 Å². The number of hydrogen-bond acceptors (Lipinski definition) is 22. The quantitative estimate of drug-likeness (QED) is 0.0276. The number of amides is 2. The summed E-state index contributed by atoms with van der Waals surface area (Å²) in [7, 11) is -16.5. The highest BCUT2D eigenvalue weighted by atomic mass is 32.2. The number of fused-ring (bicyclic) bond motifs is 1. The molecule has 2 aromatic rings. The van der Waals surface area contributed by atoms with Gasteiger partial charge in [-0.25, -0.2) is 28.6 Å². The Kier molecular flexibility index (Phi) is 25.4. The molecule has 416 valence electrons. The Balaban J connectivity index is 1.03. The third kappa shape index (κ3) is 21.6. The number of nitrogens with one attached hydrogen (secondary N) is 2. The molecule has 0 radical (unpaired) electrons. The second-order valence-corrected chi connectivity index (χ2v) is 23.4. The van der Waals surface area contributed by atoms with Gasteiger partial charge in [-0.15, -0.1) is 0 Å². The summed E-state index contributed by atoms with van der Waals surface area (Å²) in [5, 5.41) is 46.1. The van der Waals surface area contributed by atoms with Crippen LogP contribution in [0.2, 0.25) is 0 Å². The van der Waals surface area contributed by atoms with Crippen LogP contribution >= 0.6 is 35.2 Å². The van der Waals surface area contributed by atoms with E-state index in [1.165, 1.54) is 19.9 Å². The summed E-state index contributed by atoms with van der Waals surface area (Å²) in [4.78, 5) is 88.4. The van der Waals surface area contributed by atoms with E-state index in [2.05, 4.69) is 34.4 Å². The zero-order valence-electron chi connectivity index (χ0n) is 40.7. The van der Waals surface area contributed by atoms with Crippen LogP contribution in [0.5, 0.6) is 0 Å². The van der Waals surface area contributed by atoms with Crippen molar-refractivity contribution >= 4 is 69.1 Å². The molecule has 0 aliphatic carbocycles. The summed E-state index contributed by atoms with van der Waals surface area (Å²) < 4.78 is 73.6. The number of thioether (sulfide) groups is 1. The van der Waals surface area contributed by atoms with Gasteiger partial charge >= 0.3 is 23.5 Å². The monoisotopic (exact) mass is 1120 g/mol. The zero-order chi connectivity index (χ0) is 54.0. The van der Waals surface area contributed by atoms with Crippen LogP contribution in [0.3, 0.4) is 0 Å². The molecule has 2 aliphatic heterocycles. The molecular formula is C41H70N7O21P3S. The van der Waals surface area contributed by atoms with Crippen LogP contribution in [0.1, 0.15) is 104 Å². The maximum absolute atomic E-state index is 12.8. The number of carbonyl (C=O) groups excluding carboxylic acids is 3. The Morgan fingerprint density at radius 1 is 0.918 bits per heavy atom. The topological polar surface area (TPSA) is 423 Å². The molecule has 2 fully saturated rings. The van der Waals surface area contributed by atoms with Gasteiger partial charge in [0.15, 0.2) is 24.0 Å². The minimum atomic E-state index is -5.59. The van der Waals surface area contributed by atoms with Crippen molar-refractivity contribution < 1.29 is 100 Å². The molecule has 2 aromatic heterocycles. The molecule has 73 heavy (non-hydrogen) atoms. The van der Waals surface area contributed by atoms with Gasteiger partial charge < -0.3 is 70.6 Å². The Labute approximate surface area is 425 Å². The van der Waals surface area contributed by atoms with Crippen molar-refractivity contribution in [3.8, 4) is 0 Å². The number of imidazole rings is 1. The highest BCUT2D eigenvalue weighted by Gasteiger charge is 2.50. The van der Waals surface area contributed by atoms with Gasteiger partial charge in [0, 0.05) is 43.7 Å². The minimum absolute atomic E-state index is 0.0257. The Morgan fingerprint density at radius 2 is 1.58 bits per heavy atom. The van der Waals surface area contributed by atoms with Crippen LogP contribution < -0.4 is 16.4 Å². The highest BCUT2D eigenvalue weighted by Crippen LogP contribution is 2.61. The fraction of sp³-hybridized carbons (Fsp3) is 0.756. The lowest BCUT2D eigenvalue weighted by atomic mass is 9.87. The molecule has 32 heteroatoms. The maximum Gasteiger partial charge on any atom is 0.481 e. The molecule has 2 amide bonds. The fourth-order valence-corrected chi connectivity index (χ4v) is 10.8. The fourth-order valence-electron chi connectivity index (χ4n) is 7.40. The van der Waals surface area contributed by atoms with Gasteiger partial charge in [0.1, 0.15) is 42.4 Å². The smallest absolute Gasteiger partial charge is 0.390 e. The van der Waals surface area contributed by atoms with E-state index in [1.54, 1.807) is 6.92 Å². The van der Waals surface area contributed by atoms with E-state index in [1.807, 2.05) is 6.08 Å². The first kappa shape index (κ1) is 62.7. The molecule has 4 heterocycles. The number of allylic oxidation sites excluding steroid dienone is 1. The number of aromatic nitrogens is 4. The van der Waals surface area contributed by atoms with Gasteiger partial charge in [-0.1, -0.05) is 76.6 Å². The van der Waals surface area contributed by atoms with E-state index >= 15 is 0 Å². The average Bonchev–Trinajstić information content (AvgIpc) is 3.87. The third-order valence-corrected chi connectivity index (χ3v) is 15.4. The number of carbonyl (C=O) groups is 3. The zero-order valence-corrected chi connectivity index (χ0v) is 44.2. The molecule has 2 aliphatic rings. The molecule has 12 N–H and O–H groups in total. The van der Waals surface area contributed by atoms with Crippen LogP contribution in [0.15, 0.2) is 24.8 Å². The van der Waals surface area contributed by atoms with Gasteiger partial charge in [0.05, 0.1) is 31.7 Å². The van der Waals surface area contributed by atoms with E-state index < -0.39 is 103 Å². The molecule has 0 spiro atoms. The molecule has 28 nitrogen and oxygen atoms in total. The van der Waals surface area contributed by atoms with Gasteiger partial charge in [-0.2, -0.15) is 4.31 Å². The number of phosphoric acid groups is 3. The second-order valence-electron chi connectivity index (χ2n) is 18.1. The molecule has 11 atom stereocenters. The van der Waals surface area contributed by atoms with Crippen LogP contribution in [0.25, 0.3) is 11.2 Å². The average molecular weight is 1120 g/mol. The molecular weight excluding hydrogens is 1050 g/mol. The van der Waals surface area contributed by atoms with Crippen molar-refractivity contribution in [3.05, 3.63) is 24.8 Å². The molecule has 4 rings (SSSR count). The standard InChI is InChI=1S/C41H70N7O21P3S/c1-26-27(49)21-28(50)40(66-26)63-19-14-12-10-8-6-4-5-7-9-11-13-15-31(52)73-20-18-43-30(51)16-17-44-38(55)35(54)41(2,3)23-65-72(61,62)69-71(59,60)64-22-29-34(68-70(56,57)58)33(53)39(67-29)48-25-47-32-36(42)45-24-46-37(32)48/h13,15,24-29,33-35,39-40,49-50,53-54H,4-12,14,16-23H2,1-3H3,(H,43,51)(H,44,55)(H,59,60)(H,61,62)(H2,42,45,46)(H2,56,57,58)/b15-13+/t26-,27+,28+,29+,33+,34+,35-,39+,40+/m0/s1. The van der Waals surface area contributed by atoms with E-state index in [0.717, 1.165) is 93.2 Å². The molecule has 2 saturated heterocycles. The van der Waals surface area contributed by atoms with E-state index in [0.29, 0.717) is 12.4 Å². The first-order valence-electron chi connectivity index (χ1n) is 23.6. The Hall–Kier alpha value is -2.86. The predicted molar refractivity (Wildman–Crippen MR) is 259 cm³/mol. The lowest BCUT2D eigenvalue weighted by Gasteiger charge is -2.35. The van der Waals surface area contributed by atoms with Crippen LogP contribution in [-0.2, 0) is 60.2 Å². The molecule has 0 aromatic carbocycles. The number of unbranched alkanes of at least 4 members (excludes halogenated alkanes) is 9. The Morgan fingerprint density at radius 3 is 2.26 bits per heavy atom. The third-order valence-electron chi connectivity index (χ3n) is 11.5. The predicted octanol–water partition coefficient (Wildman–Crippen LogP) is 2.00. The number of rotatable bonds is 33. The SMILES string of the molecule is C[C@@H]1O[C@@H](OCCCCCCCCCCC/C=C/C(=O)SCCNC(=O)CCNC(=O)[C@H](O)C(C)(C)COP(=O)(O)OP(=O)(O)OC[C@H]2O[C@@H](n3cnc4c(N)ncnc43)[C@H](O)[C@@H]2OP(=O)(O)O)[C@H](O)C[C@H]1O. The molecule has 2 unspecified atom stereocenters. The first-order chi connectivity index (χ1) is 34.3. The van der Waals surface area contributed by atoms with E-state index in [-0.39, 0.29) is 54.1 Å². The number of nitrogen functional groups attached to an aromatic ring is 1. The second kappa shape index (κ2) is 29.6. The number of nitrogens with zero attached hydrogens (tertiary/aromatic N) is 4. The number of phosphoric ester groups is 3. The van der Waals surface area contributed by atoms with Crippen molar-refractivity contribution in [1.29, 1.82) is 0 Å². The van der Waals surface area contributed by atoms with E-state index in [4.69, 9.17) is 29.0 Å². The lowest BCUT2D eigenvalue weighted by molar-refractivity contribution is -0.261. The van der Waals surface area contributed by atoms with Gasteiger partial charge in [0.2, 0.25) is 16.9 Å². The molecule has 0 bridgehead atoms. The number of aliphatic hydroxyl groups is 4. The number of hydrogen-bond donors (Lipinski definition) is 11. The van der Waals surface area contributed by atoms with Crippen LogP contribution in [0.4, 0.5) is 5.82 Å². The first-order valence-corrected chi connectivity index (χ1v) is 29.2. The summed E-state index contributed by atoms with van der Waals surface area (Å²) in [6.07, 6.45) is 4.47. The number of aliphatic hydroxyl groups excluding tert-OH is 4. The summed E-state index contributed by atoms with van der Waals surface area (Å²) >= 11 is 1.04. The number of anilines is 1. The maximum atomic E-state index is 12.8. The highest BCUT2D eigenvalue weighted by molar-refractivity contribution is 8.14. The van der Waals surface area contributed by atoms with Crippen molar-refractivity contribution in [3.63, 3.8) is 0 Å². The van der Waals surface area contributed by atoms with Crippen LogP contribution in [0, 0.1) is 5.41 Å². The van der Waals surface area contributed by atoms with Crippen LogP contribution in [-0.4, -0.2) is 164 Å². The normalized spacial score (nSPS) is 24.9. The largest absolute Gasteiger partial charge is 0.481 e. The number of nitrogens with two attached hydrogens (primary N) is 1. The summed E-state index contributed by atoms with van der Waals surface area (Å²) in [6, 6.07) is 0. The van der Waals surface area contributed by atoms with Crippen molar-refractivity contribution in [2.24, 2.45) is 5.41 Å². The lowest BCUT2D eigenvalue weighted by Crippen LogP contribution is -2.47. The van der Waals surface area contributed by atoms with E-state index in [9.17, 15) is 68.1 Å². The summed E-state index contributed by atoms with van der Waals surface area (Å²) in [5.41, 5.74) is 4.25. The van der Waals surface area contributed by atoms with Gasteiger partial charge in [-0.05, 0) is 32.3 Å². The minimum Gasteiger partial charge on any atom is -0.390 e. The number of ether oxygens (including phenoxy) is 3. The van der Waals surface area contributed by atoms with Crippen molar-refractivity contribution in [1.82, 2.24) is 30.2 Å². The van der Waals surface area contributed by atoms with Crippen molar-refractivity contribution in [2.45, 2.75) is 153 Å². The molecule has 0 saturated carbocycles.